The van der Waals surface area contributed by atoms with Gasteiger partial charge in [0.15, 0.2) is 0 Å². The number of amides is 2. The standard InChI is InChI=1S/C29H33F3N2O4/c1-38-21-8-10-23(25(35)14-21)27(37)34-12-11-28(17-34)15-20(16-28)33-26(36)19-7-9-22(18-5-3-2-4-6-18)24(13-19)29(30,31)32/h7-10,13-14,18,20,35H,2-6,11-12,15-17H2,1H3,(H,33,36). The van der Waals surface area contributed by atoms with Crippen LogP contribution in [0.25, 0.3) is 0 Å². The van der Waals surface area contributed by atoms with Gasteiger partial charge >= 0.3 is 6.18 Å². The predicted molar refractivity (Wildman–Crippen MR) is 135 cm³/mol. The summed E-state index contributed by atoms with van der Waals surface area (Å²) in [6.07, 6.45) is 1.98. The Morgan fingerprint density at radius 3 is 2.47 bits per heavy atom. The van der Waals surface area contributed by atoms with E-state index >= 15 is 0 Å². The van der Waals surface area contributed by atoms with Crippen molar-refractivity contribution < 1.29 is 32.6 Å². The van der Waals surface area contributed by atoms with Gasteiger partial charge in [-0.15, -0.1) is 0 Å². The Hall–Kier alpha value is -3.23. The zero-order chi connectivity index (χ0) is 27.1. The quantitative estimate of drug-likeness (QED) is 0.505. The maximum Gasteiger partial charge on any atom is 0.416 e. The van der Waals surface area contributed by atoms with Crippen LogP contribution in [0.15, 0.2) is 36.4 Å². The lowest BCUT2D eigenvalue weighted by molar-refractivity contribution is -0.138. The lowest BCUT2D eigenvalue weighted by atomic mass is 9.65. The van der Waals surface area contributed by atoms with Crippen molar-refractivity contribution in [3.63, 3.8) is 0 Å². The number of halogens is 3. The molecule has 0 aromatic heterocycles. The van der Waals surface area contributed by atoms with Crippen LogP contribution in [-0.2, 0) is 6.18 Å². The first-order chi connectivity index (χ1) is 18.1. The first kappa shape index (κ1) is 26.4. The van der Waals surface area contributed by atoms with Gasteiger partial charge in [0.25, 0.3) is 11.8 Å². The van der Waals surface area contributed by atoms with E-state index < -0.39 is 17.6 Å². The average Bonchev–Trinajstić information content (AvgIpc) is 3.33. The minimum absolute atomic E-state index is 0.0241. The number of ether oxygens (including phenoxy) is 1. The predicted octanol–water partition coefficient (Wildman–Crippen LogP) is 5.89. The van der Waals surface area contributed by atoms with Crippen molar-refractivity contribution in [1.82, 2.24) is 10.2 Å². The van der Waals surface area contributed by atoms with Gasteiger partial charge in [-0.05, 0) is 73.3 Å². The number of aromatic hydroxyl groups is 1. The molecule has 0 unspecified atom stereocenters. The number of hydrogen-bond acceptors (Lipinski definition) is 4. The number of nitrogens with one attached hydrogen (secondary N) is 1. The summed E-state index contributed by atoms with van der Waals surface area (Å²) in [5.74, 6) is -0.550. The minimum atomic E-state index is -4.51. The van der Waals surface area contributed by atoms with Gasteiger partial charge in [0.05, 0.1) is 18.2 Å². The van der Waals surface area contributed by atoms with E-state index in [-0.39, 0.29) is 40.2 Å². The number of rotatable bonds is 5. The van der Waals surface area contributed by atoms with Crippen molar-refractivity contribution in [2.45, 2.75) is 69.5 Å². The molecule has 9 heteroatoms. The second-order valence-corrected chi connectivity index (χ2v) is 11.1. The highest BCUT2D eigenvalue weighted by Gasteiger charge is 2.50. The molecule has 0 atom stereocenters. The maximum absolute atomic E-state index is 13.9. The fraction of sp³-hybridized carbons (Fsp3) is 0.517. The van der Waals surface area contributed by atoms with Crippen LogP contribution in [-0.4, -0.2) is 48.1 Å². The van der Waals surface area contributed by atoms with Gasteiger partial charge in [0.2, 0.25) is 0 Å². The summed E-state index contributed by atoms with van der Waals surface area (Å²) in [5, 5.41) is 13.1. The molecule has 1 spiro atoms. The molecule has 38 heavy (non-hydrogen) atoms. The SMILES string of the molecule is COc1ccc(C(=O)N2CCC3(CC(NC(=O)c4ccc(C5CCCCC5)c(C(F)(F)F)c4)C3)C2)c(O)c1. The number of methoxy groups -OCH3 is 1. The molecule has 2 aromatic carbocycles. The van der Waals surface area contributed by atoms with Crippen LogP contribution in [0, 0.1) is 5.41 Å². The van der Waals surface area contributed by atoms with Gasteiger partial charge in [0, 0.05) is 30.8 Å². The van der Waals surface area contributed by atoms with Crippen molar-refractivity contribution in [3.8, 4) is 11.5 Å². The Morgan fingerprint density at radius 2 is 1.82 bits per heavy atom. The third kappa shape index (κ3) is 5.20. The summed E-state index contributed by atoms with van der Waals surface area (Å²) >= 11 is 0. The van der Waals surface area contributed by atoms with Crippen molar-refractivity contribution in [2.24, 2.45) is 5.41 Å². The zero-order valence-electron chi connectivity index (χ0n) is 21.4. The molecule has 2 aromatic rings. The zero-order valence-corrected chi connectivity index (χ0v) is 21.4. The molecule has 5 rings (SSSR count). The highest BCUT2D eigenvalue weighted by atomic mass is 19.4. The lowest BCUT2D eigenvalue weighted by Crippen LogP contribution is -2.52. The Balaban J connectivity index is 1.20. The molecular formula is C29H33F3N2O4. The second-order valence-electron chi connectivity index (χ2n) is 11.1. The molecule has 2 saturated carbocycles. The van der Waals surface area contributed by atoms with E-state index in [0.717, 1.165) is 44.6 Å². The summed E-state index contributed by atoms with van der Waals surface area (Å²) < 4.78 is 46.7. The van der Waals surface area contributed by atoms with Crippen LogP contribution in [0.5, 0.6) is 11.5 Å². The van der Waals surface area contributed by atoms with Crippen LogP contribution in [0.1, 0.15) is 89.1 Å². The van der Waals surface area contributed by atoms with Gasteiger partial charge in [-0.3, -0.25) is 9.59 Å². The number of carbonyl (C=O) groups excluding carboxylic acids is 2. The normalized spacial score (nSPS) is 23.8. The highest BCUT2D eigenvalue weighted by molar-refractivity contribution is 5.97. The van der Waals surface area contributed by atoms with Crippen molar-refractivity contribution >= 4 is 11.8 Å². The molecule has 2 aliphatic carbocycles. The number of carbonyl (C=O) groups is 2. The van der Waals surface area contributed by atoms with Crippen molar-refractivity contribution in [1.29, 1.82) is 0 Å². The Morgan fingerprint density at radius 1 is 1.08 bits per heavy atom. The van der Waals surface area contributed by atoms with E-state index in [2.05, 4.69) is 5.32 Å². The highest BCUT2D eigenvalue weighted by Crippen LogP contribution is 2.49. The molecule has 3 fully saturated rings. The van der Waals surface area contributed by atoms with Gasteiger partial charge < -0.3 is 20.1 Å². The Bertz CT molecular complexity index is 1220. The molecule has 204 valence electrons. The lowest BCUT2D eigenvalue weighted by Gasteiger charge is -2.45. The minimum Gasteiger partial charge on any atom is -0.507 e. The van der Waals surface area contributed by atoms with Gasteiger partial charge in [0.1, 0.15) is 11.5 Å². The van der Waals surface area contributed by atoms with E-state index in [1.54, 1.807) is 17.0 Å². The third-order valence-electron chi connectivity index (χ3n) is 8.52. The molecule has 2 N–H and O–H groups in total. The largest absolute Gasteiger partial charge is 0.507 e. The molecule has 0 bridgehead atoms. The third-order valence-corrected chi connectivity index (χ3v) is 8.52. The van der Waals surface area contributed by atoms with Crippen molar-refractivity contribution in [2.75, 3.05) is 20.2 Å². The molecule has 1 aliphatic heterocycles. The Kier molecular flexibility index (Phi) is 7.05. The number of phenolic OH excluding ortho intramolecular Hbond substituents is 1. The number of alkyl halides is 3. The van der Waals surface area contributed by atoms with Gasteiger partial charge in [-0.25, -0.2) is 0 Å². The number of phenols is 1. The molecule has 3 aliphatic rings. The summed E-state index contributed by atoms with van der Waals surface area (Å²) in [5.41, 5.74) is -0.290. The summed E-state index contributed by atoms with van der Waals surface area (Å²) in [4.78, 5) is 27.5. The number of hydrogen-bond donors (Lipinski definition) is 2. The van der Waals surface area contributed by atoms with E-state index in [1.807, 2.05) is 0 Å². The van der Waals surface area contributed by atoms with Crippen LogP contribution in [0.4, 0.5) is 13.2 Å². The summed E-state index contributed by atoms with van der Waals surface area (Å²) in [6, 6.07) is 8.43. The number of benzene rings is 2. The Labute approximate surface area is 220 Å². The molecular weight excluding hydrogens is 497 g/mol. The van der Waals surface area contributed by atoms with Gasteiger partial charge in [-0.1, -0.05) is 25.3 Å². The summed E-state index contributed by atoms with van der Waals surface area (Å²) in [7, 11) is 1.48. The maximum atomic E-state index is 13.9. The second kappa shape index (κ2) is 10.2. The topological polar surface area (TPSA) is 78.9 Å². The van der Waals surface area contributed by atoms with Crippen LogP contribution < -0.4 is 10.1 Å². The smallest absolute Gasteiger partial charge is 0.416 e. The van der Waals surface area contributed by atoms with E-state index in [9.17, 15) is 27.9 Å². The monoisotopic (exact) mass is 530 g/mol. The molecule has 1 heterocycles. The average molecular weight is 531 g/mol. The summed E-state index contributed by atoms with van der Waals surface area (Å²) in [6.45, 7) is 1.06. The van der Waals surface area contributed by atoms with Gasteiger partial charge in [-0.2, -0.15) is 13.2 Å². The van der Waals surface area contributed by atoms with Crippen LogP contribution >= 0.6 is 0 Å². The molecule has 2 amide bonds. The number of nitrogens with zero attached hydrogens (tertiary/aromatic N) is 1. The van der Waals surface area contributed by atoms with Crippen LogP contribution in [0.3, 0.4) is 0 Å². The van der Waals surface area contributed by atoms with Crippen LogP contribution in [0.2, 0.25) is 0 Å². The first-order valence-corrected chi connectivity index (χ1v) is 13.3. The first-order valence-electron chi connectivity index (χ1n) is 13.3. The molecule has 1 saturated heterocycles. The number of likely N-dealkylation sites (tertiary alicyclic amines) is 1. The van der Waals surface area contributed by atoms with E-state index in [4.69, 9.17) is 4.74 Å². The van der Waals surface area contributed by atoms with E-state index in [1.165, 1.54) is 25.3 Å². The van der Waals surface area contributed by atoms with Crippen molar-refractivity contribution in [3.05, 3.63) is 58.7 Å². The fourth-order valence-electron chi connectivity index (χ4n) is 6.50. The fourth-order valence-corrected chi connectivity index (χ4v) is 6.50. The molecule has 0 radical (unpaired) electrons. The van der Waals surface area contributed by atoms with E-state index in [0.29, 0.717) is 37.2 Å². The molecule has 6 nitrogen and oxygen atoms in total.